The topological polar surface area (TPSA) is 71.3 Å². The number of ether oxygens (including phenoxy) is 2. The minimum Gasteiger partial charge on any atom is -0.491 e. The fourth-order valence-electron chi connectivity index (χ4n) is 3.63. The summed E-state index contributed by atoms with van der Waals surface area (Å²) in [6.07, 6.45) is 4.24. The maximum atomic E-state index is 5.72. The minimum absolute atomic E-state index is 0. The number of nitrogens with one attached hydrogen (secondary N) is 2. The van der Waals surface area contributed by atoms with Gasteiger partial charge in [-0.1, -0.05) is 12.1 Å². The molecule has 1 atom stereocenters. The van der Waals surface area contributed by atoms with Crippen LogP contribution in [0, 0.1) is 0 Å². The molecule has 8 heteroatoms. The molecule has 7 nitrogen and oxygen atoms in total. The van der Waals surface area contributed by atoms with Gasteiger partial charge in [0.1, 0.15) is 18.1 Å². The summed E-state index contributed by atoms with van der Waals surface area (Å²) in [7, 11) is 1.67. The number of benzene rings is 1. The predicted molar refractivity (Wildman–Crippen MR) is 134 cm³/mol. The third kappa shape index (κ3) is 8.34. The third-order valence-electron chi connectivity index (χ3n) is 5.13. The second-order valence-electron chi connectivity index (χ2n) is 7.34. The number of rotatable bonds is 11. The third-order valence-corrected chi connectivity index (χ3v) is 5.13. The van der Waals surface area contributed by atoms with Gasteiger partial charge in [0, 0.05) is 20.2 Å². The van der Waals surface area contributed by atoms with Crippen LogP contribution in [0.25, 0.3) is 0 Å². The van der Waals surface area contributed by atoms with Crippen molar-refractivity contribution in [1.82, 2.24) is 15.5 Å². The molecule has 1 fully saturated rings. The number of aliphatic imine (C=N–C) groups is 1. The van der Waals surface area contributed by atoms with E-state index in [1.807, 2.05) is 24.3 Å². The Morgan fingerprint density at radius 3 is 2.71 bits per heavy atom. The van der Waals surface area contributed by atoms with Crippen molar-refractivity contribution in [2.75, 3.05) is 46.5 Å². The van der Waals surface area contributed by atoms with Gasteiger partial charge in [-0.05, 0) is 62.7 Å². The molecule has 1 aromatic heterocycles. The number of guanidine groups is 1. The maximum Gasteiger partial charge on any atom is 0.191 e. The van der Waals surface area contributed by atoms with E-state index in [0.717, 1.165) is 49.2 Å². The van der Waals surface area contributed by atoms with Gasteiger partial charge in [-0.3, -0.25) is 4.90 Å². The molecule has 3 rings (SSSR count). The molecule has 2 N–H and O–H groups in total. The largest absolute Gasteiger partial charge is 0.491 e. The van der Waals surface area contributed by atoms with Crippen LogP contribution in [0.1, 0.15) is 37.1 Å². The fraction of sp³-hybridized carbons (Fsp3) is 0.522. The van der Waals surface area contributed by atoms with E-state index in [9.17, 15) is 0 Å². The second-order valence-corrected chi connectivity index (χ2v) is 7.34. The summed E-state index contributed by atoms with van der Waals surface area (Å²) in [6.45, 7) is 7.54. The Kier molecular flexibility index (Phi) is 11.8. The van der Waals surface area contributed by atoms with E-state index >= 15 is 0 Å². The molecule has 0 amide bonds. The molecule has 2 aromatic rings. The number of halogens is 1. The monoisotopic (exact) mass is 542 g/mol. The van der Waals surface area contributed by atoms with Crippen LogP contribution in [0.2, 0.25) is 0 Å². The van der Waals surface area contributed by atoms with Gasteiger partial charge < -0.3 is 24.5 Å². The summed E-state index contributed by atoms with van der Waals surface area (Å²) >= 11 is 0. The van der Waals surface area contributed by atoms with Gasteiger partial charge in [-0.25, -0.2) is 4.99 Å². The Balaban J connectivity index is 0.00000341. The lowest BCUT2D eigenvalue weighted by Gasteiger charge is -2.26. The quantitative estimate of drug-likeness (QED) is 0.195. The molecule has 1 saturated heterocycles. The van der Waals surface area contributed by atoms with Gasteiger partial charge >= 0.3 is 0 Å². The number of methoxy groups -OCH3 is 1. The molecular formula is C23H35IN4O3. The number of hydrogen-bond donors (Lipinski definition) is 2. The fourth-order valence-corrected chi connectivity index (χ4v) is 3.63. The summed E-state index contributed by atoms with van der Waals surface area (Å²) < 4.78 is 16.5. The first-order chi connectivity index (χ1) is 14.8. The number of nitrogens with zero attached hydrogens (tertiary/aromatic N) is 2. The SMILES string of the molecule is CCNC(=NCc1cccc(OCCOC)c1)NCC(c1ccco1)N1CCCC1.I. The highest BCUT2D eigenvalue weighted by atomic mass is 127. The van der Waals surface area contributed by atoms with E-state index in [-0.39, 0.29) is 30.0 Å². The van der Waals surface area contributed by atoms with Crippen LogP contribution in [0.5, 0.6) is 5.75 Å². The van der Waals surface area contributed by atoms with Crippen molar-refractivity contribution in [3.8, 4) is 5.75 Å². The van der Waals surface area contributed by atoms with Crippen LogP contribution in [0.3, 0.4) is 0 Å². The lowest BCUT2D eigenvalue weighted by atomic mass is 10.2. The van der Waals surface area contributed by atoms with E-state index in [4.69, 9.17) is 18.9 Å². The highest BCUT2D eigenvalue weighted by molar-refractivity contribution is 14.0. The normalized spacial score (nSPS) is 15.4. The minimum atomic E-state index is 0. The van der Waals surface area contributed by atoms with Crippen LogP contribution in [0.4, 0.5) is 0 Å². The van der Waals surface area contributed by atoms with Crippen LogP contribution in [-0.4, -0.2) is 57.4 Å². The van der Waals surface area contributed by atoms with E-state index in [1.165, 1.54) is 12.8 Å². The first kappa shape index (κ1) is 25.5. The van der Waals surface area contributed by atoms with E-state index < -0.39 is 0 Å². The Morgan fingerprint density at radius 2 is 2.00 bits per heavy atom. The molecular weight excluding hydrogens is 507 g/mol. The van der Waals surface area contributed by atoms with E-state index in [0.29, 0.717) is 19.8 Å². The van der Waals surface area contributed by atoms with Gasteiger partial charge in [-0.2, -0.15) is 0 Å². The second kappa shape index (κ2) is 14.3. The van der Waals surface area contributed by atoms with Crippen molar-refractivity contribution in [2.45, 2.75) is 32.4 Å². The van der Waals surface area contributed by atoms with Gasteiger partial charge in [0.05, 0.1) is 25.5 Å². The highest BCUT2D eigenvalue weighted by Crippen LogP contribution is 2.24. The summed E-state index contributed by atoms with van der Waals surface area (Å²) in [5.74, 6) is 2.64. The van der Waals surface area contributed by atoms with E-state index in [2.05, 4.69) is 34.6 Å². The van der Waals surface area contributed by atoms with Crippen molar-refractivity contribution in [3.63, 3.8) is 0 Å². The summed E-state index contributed by atoms with van der Waals surface area (Å²) in [4.78, 5) is 7.25. The van der Waals surface area contributed by atoms with Crippen LogP contribution in [-0.2, 0) is 11.3 Å². The molecule has 2 heterocycles. The Hall–Kier alpha value is -1.78. The molecule has 31 heavy (non-hydrogen) atoms. The Bertz CT molecular complexity index is 764. The first-order valence-electron chi connectivity index (χ1n) is 10.8. The lowest BCUT2D eigenvalue weighted by molar-refractivity contribution is 0.146. The summed E-state index contributed by atoms with van der Waals surface area (Å²) in [6, 6.07) is 12.3. The van der Waals surface area contributed by atoms with Gasteiger partial charge in [-0.15, -0.1) is 24.0 Å². The maximum absolute atomic E-state index is 5.72. The predicted octanol–water partition coefficient (Wildman–Crippen LogP) is 3.82. The average Bonchev–Trinajstić information content (AvgIpc) is 3.48. The van der Waals surface area contributed by atoms with Crippen molar-refractivity contribution in [1.29, 1.82) is 0 Å². The first-order valence-corrected chi connectivity index (χ1v) is 10.8. The van der Waals surface area contributed by atoms with Gasteiger partial charge in [0.25, 0.3) is 0 Å². The van der Waals surface area contributed by atoms with Crippen molar-refractivity contribution >= 4 is 29.9 Å². The smallest absolute Gasteiger partial charge is 0.191 e. The lowest BCUT2D eigenvalue weighted by Crippen LogP contribution is -2.42. The zero-order chi connectivity index (χ0) is 21.0. The molecule has 1 unspecified atom stereocenters. The molecule has 0 bridgehead atoms. The molecule has 0 saturated carbocycles. The Morgan fingerprint density at radius 1 is 1.16 bits per heavy atom. The van der Waals surface area contributed by atoms with Crippen LogP contribution in [0.15, 0.2) is 52.1 Å². The molecule has 0 spiro atoms. The Labute approximate surface area is 202 Å². The number of furan rings is 1. The molecule has 0 radical (unpaired) electrons. The average molecular weight is 542 g/mol. The van der Waals surface area contributed by atoms with Crippen molar-refractivity contribution in [2.24, 2.45) is 4.99 Å². The van der Waals surface area contributed by atoms with Gasteiger partial charge in [0.2, 0.25) is 0 Å². The van der Waals surface area contributed by atoms with Gasteiger partial charge in [0.15, 0.2) is 5.96 Å². The zero-order valence-corrected chi connectivity index (χ0v) is 20.8. The molecule has 0 aliphatic carbocycles. The van der Waals surface area contributed by atoms with Crippen molar-refractivity contribution in [3.05, 3.63) is 54.0 Å². The standard InChI is InChI=1S/C23H34N4O3.HI/c1-3-24-23(25-17-19-8-6-9-20(16-19)29-15-14-28-2)26-18-21(22-10-7-13-30-22)27-11-4-5-12-27;/h6-10,13,16,21H,3-5,11-12,14-15,17-18H2,1-2H3,(H2,24,25,26);1H. The molecule has 1 aliphatic heterocycles. The zero-order valence-electron chi connectivity index (χ0n) is 18.5. The van der Waals surface area contributed by atoms with E-state index in [1.54, 1.807) is 13.4 Å². The molecule has 1 aromatic carbocycles. The summed E-state index contributed by atoms with van der Waals surface area (Å²) in [5.41, 5.74) is 1.10. The van der Waals surface area contributed by atoms with Crippen LogP contribution < -0.4 is 15.4 Å². The number of hydrogen-bond acceptors (Lipinski definition) is 5. The van der Waals surface area contributed by atoms with Crippen LogP contribution >= 0.6 is 24.0 Å². The summed E-state index contributed by atoms with van der Waals surface area (Å²) in [5, 5.41) is 6.84. The molecule has 1 aliphatic rings. The number of likely N-dealkylation sites (tertiary alicyclic amines) is 1. The highest BCUT2D eigenvalue weighted by Gasteiger charge is 2.25. The van der Waals surface area contributed by atoms with Crippen molar-refractivity contribution < 1.29 is 13.9 Å². The molecule has 172 valence electrons.